The topological polar surface area (TPSA) is 66.9 Å². The molecule has 1 aromatic rings. The number of rotatable bonds is 4. The lowest BCUT2D eigenvalue weighted by Crippen LogP contribution is -2.49. The summed E-state index contributed by atoms with van der Waals surface area (Å²) in [5.74, 6) is 0.317. The minimum Gasteiger partial charge on any atom is -0.446 e. The standard InChI is InChI=1S/C26H37ClN2O4S/c1-18-15-19-17-24(23(16-18)25(19)34(31,32)22-7-5-20(27)6-8-22)33-26(30)29-13-9-21(10-14-29)28-11-3-2-4-12-28/h5-8,18-19,21,23-25H,2-4,9-17H2,1H3/t18-,19?,23?,24+,25?/m1/s1. The van der Waals surface area contributed by atoms with Crippen LogP contribution in [0.15, 0.2) is 29.2 Å². The van der Waals surface area contributed by atoms with Gasteiger partial charge in [-0.05, 0) is 94.1 Å². The van der Waals surface area contributed by atoms with Crippen LogP contribution in [-0.4, -0.2) is 67.9 Å². The van der Waals surface area contributed by atoms with Crippen LogP contribution in [0, 0.1) is 17.8 Å². The summed E-state index contributed by atoms with van der Waals surface area (Å²) in [7, 11) is -3.52. The molecule has 5 rings (SSSR count). The first-order valence-electron chi connectivity index (χ1n) is 13.0. The average Bonchev–Trinajstić information content (AvgIpc) is 3.07. The van der Waals surface area contributed by atoms with Gasteiger partial charge in [-0.25, -0.2) is 13.2 Å². The van der Waals surface area contributed by atoms with E-state index in [1.807, 2.05) is 4.90 Å². The fraction of sp³-hybridized carbons (Fsp3) is 0.731. The summed E-state index contributed by atoms with van der Waals surface area (Å²) >= 11 is 5.98. The van der Waals surface area contributed by atoms with E-state index in [9.17, 15) is 13.2 Å². The summed E-state index contributed by atoms with van der Waals surface area (Å²) in [4.78, 5) is 17.9. The summed E-state index contributed by atoms with van der Waals surface area (Å²) in [6.45, 7) is 6.00. The first-order chi connectivity index (χ1) is 16.3. The number of carbonyl (C=O) groups excluding carboxylic acids is 1. The second-order valence-electron chi connectivity index (χ2n) is 10.9. The van der Waals surface area contributed by atoms with Crippen molar-refractivity contribution in [1.82, 2.24) is 9.80 Å². The number of hydrogen-bond acceptors (Lipinski definition) is 5. The molecule has 0 spiro atoms. The second-order valence-corrected chi connectivity index (χ2v) is 13.5. The maximum atomic E-state index is 13.6. The van der Waals surface area contributed by atoms with E-state index in [0.29, 0.717) is 28.3 Å². The van der Waals surface area contributed by atoms with Crippen LogP contribution in [-0.2, 0) is 14.6 Å². The van der Waals surface area contributed by atoms with Crippen LogP contribution in [0.5, 0.6) is 0 Å². The third-order valence-electron chi connectivity index (χ3n) is 8.66. The highest BCUT2D eigenvalue weighted by atomic mass is 35.5. The van der Waals surface area contributed by atoms with Crippen LogP contribution in [0.3, 0.4) is 0 Å². The van der Waals surface area contributed by atoms with E-state index in [2.05, 4.69) is 11.8 Å². The number of fused-ring (bicyclic) bond motifs is 2. The van der Waals surface area contributed by atoms with Gasteiger partial charge in [0.1, 0.15) is 6.10 Å². The predicted molar refractivity (Wildman–Crippen MR) is 133 cm³/mol. The van der Waals surface area contributed by atoms with Gasteiger partial charge in [-0.15, -0.1) is 0 Å². The molecule has 2 aliphatic carbocycles. The Morgan fingerprint density at radius 1 is 0.971 bits per heavy atom. The monoisotopic (exact) mass is 508 g/mol. The van der Waals surface area contributed by atoms with E-state index >= 15 is 0 Å². The fourth-order valence-corrected chi connectivity index (χ4v) is 9.50. The van der Waals surface area contributed by atoms with Crippen molar-refractivity contribution in [1.29, 1.82) is 0 Å². The predicted octanol–water partition coefficient (Wildman–Crippen LogP) is 5.00. The van der Waals surface area contributed by atoms with E-state index in [4.69, 9.17) is 16.3 Å². The van der Waals surface area contributed by atoms with Gasteiger partial charge in [0.25, 0.3) is 0 Å². The van der Waals surface area contributed by atoms with Gasteiger partial charge in [-0.3, -0.25) is 0 Å². The van der Waals surface area contributed by atoms with E-state index in [1.165, 1.54) is 32.4 Å². The Kier molecular flexibility index (Phi) is 7.16. The van der Waals surface area contributed by atoms with Crippen molar-refractivity contribution in [2.24, 2.45) is 17.8 Å². The molecule has 1 amide bonds. The maximum Gasteiger partial charge on any atom is 0.410 e. The third kappa shape index (κ3) is 4.85. The van der Waals surface area contributed by atoms with Crippen LogP contribution in [0.4, 0.5) is 4.79 Å². The molecule has 0 aromatic heterocycles. The molecular weight excluding hydrogens is 472 g/mol. The first kappa shape index (κ1) is 24.4. The average molecular weight is 509 g/mol. The number of benzene rings is 1. The van der Waals surface area contributed by atoms with Gasteiger partial charge in [-0.2, -0.15) is 0 Å². The number of carbonyl (C=O) groups is 1. The van der Waals surface area contributed by atoms with Gasteiger partial charge in [0, 0.05) is 30.1 Å². The molecular formula is C26H37ClN2O4S. The fourth-order valence-electron chi connectivity index (χ4n) is 7.06. The molecule has 2 aliphatic heterocycles. The maximum absolute atomic E-state index is 13.6. The summed E-state index contributed by atoms with van der Waals surface area (Å²) in [5, 5.41) is 0.0302. The molecule has 2 bridgehead atoms. The van der Waals surface area contributed by atoms with Crippen LogP contribution in [0.1, 0.15) is 58.3 Å². The molecule has 34 heavy (non-hydrogen) atoms. The molecule has 2 saturated carbocycles. The Bertz CT molecular complexity index is 971. The smallest absolute Gasteiger partial charge is 0.410 e. The van der Waals surface area contributed by atoms with Crippen molar-refractivity contribution in [2.45, 2.75) is 80.6 Å². The zero-order valence-corrected chi connectivity index (χ0v) is 21.6. The first-order valence-corrected chi connectivity index (χ1v) is 14.9. The summed E-state index contributed by atoms with van der Waals surface area (Å²) in [6.07, 6.45) is 7.59. The van der Waals surface area contributed by atoms with Crippen LogP contribution in [0.25, 0.3) is 0 Å². The summed E-state index contributed by atoms with van der Waals surface area (Å²) in [5.41, 5.74) is 0. The lowest BCUT2D eigenvalue weighted by Gasteiger charge is -2.40. The number of nitrogens with zero attached hydrogens (tertiary/aromatic N) is 2. The number of hydrogen-bond donors (Lipinski definition) is 0. The lowest BCUT2D eigenvalue weighted by atomic mass is 9.81. The normalized spacial score (nSPS) is 33.1. The van der Waals surface area contributed by atoms with E-state index in [0.717, 1.165) is 38.8 Å². The zero-order chi connectivity index (χ0) is 23.9. The molecule has 0 N–H and O–H groups in total. The Hall–Kier alpha value is -1.31. The molecule has 6 nitrogen and oxygen atoms in total. The van der Waals surface area contributed by atoms with Crippen LogP contribution in [0.2, 0.25) is 5.02 Å². The van der Waals surface area contributed by atoms with Gasteiger partial charge in [0.15, 0.2) is 9.84 Å². The molecule has 8 heteroatoms. The van der Waals surface area contributed by atoms with Crippen molar-refractivity contribution in [3.8, 4) is 0 Å². The number of halogens is 1. The molecule has 0 radical (unpaired) electrons. The molecule has 188 valence electrons. The Morgan fingerprint density at radius 3 is 2.32 bits per heavy atom. The molecule has 3 unspecified atom stereocenters. The second kappa shape index (κ2) is 9.98. The van der Waals surface area contributed by atoms with Crippen LogP contribution < -0.4 is 0 Å². The van der Waals surface area contributed by atoms with Gasteiger partial charge in [0.05, 0.1) is 10.1 Å². The van der Waals surface area contributed by atoms with E-state index in [1.54, 1.807) is 24.3 Å². The number of ether oxygens (including phenoxy) is 1. The van der Waals surface area contributed by atoms with Crippen molar-refractivity contribution in [3.05, 3.63) is 29.3 Å². The minimum absolute atomic E-state index is 0.0251. The Balaban J connectivity index is 1.24. The number of piperidine rings is 2. The molecule has 1 aromatic carbocycles. The number of amides is 1. The highest BCUT2D eigenvalue weighted by molar-refractivity contribution is 7.92. The third-order valence-corrected chi connectivity index (χ3v) is 11.3. The molecule has 4 fully saturated rings. The van der Waals surface area contributed by atoms with Crippen LogP contribution >= 0.6 is 11.6 Å². The highest BCUT2D eigenvalue weighted by Gasteiger charge is 2.55. The number of likely N-dealkylation sites (tertiary alicyclic amines) is 2. The molecule has 2 heterocycles. The number of sulfone groups is 1. The van der Waals surface area contributed by atoms with E-state index < -0.39 is 15.1 Å². The quantitative estimate of drug-likeness (QED) is 0.572. The van der Waals surface area contributed by atoms with Crippen molar-refractivity contribution >= 4 is 27.5 Å². The Morgan fingerprint density at radius 2 is 1.65 bits per heavy atom. The molecule has 2 saturated heterocycles. The molecule has 4 aliphatic rings. The SMILES string of the molecule is C[C@@H]1CC2C[C@H](OC(=O)N3CCC(N4CCCCC4)CC3)C(C1)C2S(=O)(=O)c1ccc(Cl)cc1. The van der Waals surface area contributed by atoms with Gasteiger partial charge in [0.2, 0.25) is 0 Å². The zero-order valence-electron chi connectivity index (χ0n) is 20.1. The lowest BCUT2D eigenvalue weighted by molar-refractivity contribution is 0.0281. The van der Waals surface area contributed by atoms with Crippen molar-refractivity contribution in [3.63, 3.8) is 0 Å². The van der Waals surface area contributed by atoms with Gasteiger partial charge < -0.3 is 14.5 Å². The highest BCUT2D eigenvalue weighted by Crippen LogP contribution is 2.50. The largest absolute Gasteiger partial charge is 0.446 e. The Labute approximate surface area is 208 Å². The van der Waals surface area contributed by atoms with Gasteiger partial charge >= 0.3 is 6.09 Å². The van der Waals surface area contributed by atoms with Crippen molar-refractivity contribution in [2.75, 3.05) is 26.2 Å². The van der Waals surface area contributed by atoms with Crippen molar-refractivity contribution < 1.29 is 17.9 Å². The minimum atomic E-state index is -3.52. The summed E-state index contributed by atoms with van der Waals surface area (Å²) in [6, 6.07) is 7.04. The molecule has 5 atom stereocenters. The van der Waals surface area contributed by atoms with E-state index in [-0.39, 0.29) is 24.0 Å². The van der Waals surface area contributed by atoms with Gasteiger partial charge in [-0.1, -0.05) is 24.9 Å². The summed E-state index contributed by atoms with van der Waals surface area (Å²) < 4.78 is 33.2.